The van der Waals surface area contributed by atoms with E-state index in [1.807, 2.05) is 72.8 Å². The minimum Gasteiger partial charge on any atom is -0.497 e. The SMILES string of the molecule is COc1ccc(N2C(=O)/C(=C/c3ccco3)C2c2ccccc2)cc1. The van der Waals surface area contributed by atoms with E-state index in [4.69, 9.17) is 9.15 Å². The lowest BCUT2D eigenvalue weighted by Crippen LogP contribution is -2.49. The van der Waals surface area contributed by atoms with Crippen LogP contribution in [0.4, 0.5) is 5.69 Å². The first-order valence-corrected chi connectivity index (χ1v) is 8.05. The van der Waals surface area contributed by atoms with E-state index in [1.165, 1.54) is 0 Å². The first kappa shape index (κ1) is 15.3. The Morgan fingerprint density at radius 1 is 1.00 bits per heavy atom. The van der Waals surface area contributed by atoms with Crippen molar-refractivity contribution in [1.29, 1.82) is 0 Å². The van der Waals surface area contributed by atoms with E-state index < -0.39 is 0 Å². The van der Waals surface area contributed by atoms with E-state index in [-0.39, 0.29) is 11.9 Å². The summed E-state index contributed by atoms with van der Waals surface area (Å²) in [4.78, 5) is 14.6. The van der Waals surface area contributed by atoms with E-state index in [9.17, 15) is 4.79 Å². The number of methoxy groups -OCH3 is 1. The minimum absolute atomic E-state index is 0.0181. The second kappa shape index (κ2) is 6.32. The van der Waals surface area contributed by atoms with Crippen molar-refractivity contribution < 1.29 is 13.9 Å². The molecule has 1 unspecified atom stereocenters. The number of hydrogen-bond acceptors (Lipinski definition) is 3. The van der Waals surface area contributed by atoms with Crippen LogP contribution >= 0.6 is 0 Å². The van der Waals surface area contributed by atoms with Crippen molar-refractivity contribution in [2.24, 2.45) is 0 Å². The average Bonchev–Trinajstić information content (AvgIpc) is 3.18. The Morgan fingerprint density at radius 2 is 1.76 bits per heavy atom. The Bertz CT molecular complexity index is 896. The lowest BCUT2D eigenvalue weighted by atomic mass is 9.86. The fourth-order valence-electron chi connectivity index (χ4n) is 3.09. The van der Waals surface area contributed by atoms with Crippen molar-refractivity contribution in [3.8, 4) is 5.75 Å². The van der Waals surface area contributed by atoms with E-state index >= 15 is 0 Å². The molecule has 2 heterocycles. The molecule has 0 bridgehead atoms. The van der Waals surface area contributed by atoms with Crippen LogP contribution in [0.5, 0.6) is 5.75 Å². The first-order valence-electron chi connectivity index (χ1n) is 8.05. The molecule has 0 N–H and O–H groups in total. The molecule has 1 aromatic heterocycles. The lowest BCUT2D eigenvalue weighted by Gasteiger charge is -2.43. The summed E-state index contributed by atoms with van der Waals surface area (Å²) in [7, 11) is 1.63. The van der Waals surface area contributed by atoms with Crippen LogP contribution in [-0.4, -0.2) is 13.0 Å². The van der Waals surface area contributed by atoms with Crippen LogP contribution in [0.2, 0.25) is 0 Å². The van der Waals surface area contributed by atoms with Gasteiger partial charge in [0, 0.05) is 11.3 Å². The average molecular weight is 331 g/mol. The molecule has 3 aromatic rings. The first-order chi connectivity index (χ1) is 12.3. The molecule has 124 valence electrons. The van der Waals surface area contributed by atoms with Gasteiger partial charge in [0.1, 0.15) is 11.5 Å². The molecule has 2 aromatic carbocycles. The molecule has 0 aliphatic carbocycles. The highest BCUT2D eigenvalue weighted by Crippen LogP contribution is 2.44. The molecule has 4 heteroatoms. The zero-order chi connectivity index (χ0) is 17.2. The normalized spacial score (nSPS) is 18.3. The third-order valence-corrected chi connectivity index (χ3v) is 4.33. The highest BCUT2D eigenvalue weighted by molar-refractivity contribution is 6.17. The third-order valence-electron chi connectivity index (χ3n) is 4.33. The molecule has 4 nitrogen and oxygen atoms in total. The van der Waals surface area contributed by atoms with Crippen LogP contribution in [0.25, 0.3) is 6.08 Å². The number of furan rings is 1. The number of nitrogens with zero attached hydrogens (tertiary/aromatic N) is 1. The third kappa shape index (κ3) is 2.72. The maximum absolute atomic E-state index is 12.8. The van der Waals surface area contributed by atoms with Crippen molar-refractivity contribution in [2.75, 3.05) is 12.0 Å². The topological polar surface area (TPSA) is 42.7 Å². The quantitative estimate of drug-likeness (QED) is 0.523. The van der Waals surface area contributed by atoms with Crippen molar-refractivity contribution >= 4 is 17.7 Å². The summed E-state index contributed by atoms with van der Waals surface area (Å²) in [6, 6.07) is 21.0. The van der Waals surface area contributed by atoms with Gasteiger partial charge in [-0.2, -0.15) is 0 Å². The maximum Gasteiger partial charge on any atom is 0.257 e. The predicted molar refractivity (Wildman–Crippen MR) is 96.3 cm³/mol. The summed E-state index contributed by atoms with van der Waals surface area (Å²) >= 11 is 0. The Hall–Kier alpha value is -3.27. The number of amides is 1. The van der Waals surface area contributed by atoms with E-state index in [0.717, 1.165) is 22.6 Å². The molecule has 0 spiro atoms. The van der Waals surface area contributed by atoms with Gasteiger partial charge < -0.3 is 9.15 Å². The highest BCUT2D eigenvalue weighted by Gasteiger charge is 2.43. The van der Waals surface area contributed by atoms with Gasteiger partial charge in [-0.05, 0) is 48.0 Å². The van der Waals surface area contributed by atoms with Crippen molar-refractivity contribution in [2.45, 2.75) is 6.04 Å². The Balaban J connectivity index is 1.74. The van der Waals surface area contributed by atoms with Gasteiger partial charge in [0.15, 0.2) is 0 Å². The van der Waals surface area contributed by atoms with Crippen LogP contribution in [-0.2, 0) is 4.79 Å². The number of rotatable bonds is 4. The molecule has 1 aliphatic rings. The van der Waals surface area contributed by atoms with Crippen LogP contribution in [0.3, 0.4) is 0 Å². The van der Waals surface area contributed by atoms with Gasteiger partial charge in [-0.1, -0.05) is 30.3 Å². The van der Waals surface area contributed by atoms with E-state index in [1.54, 1.807) is 18.3 Å². The molecule has 4 rings (SSSR count). The molecular weight excluding hydrogens is 314 g/mol. The number of benzene rings is 2. The monoisotopic (exact) mass is 331 g/mol. The minimum atomic E-state index is -0.132. The molecule has 1 atom stereocenters. The van der Waals surface area contributed by atoms with Crippen molar-refractivity contribution in [3.63, 3.8) is 0 Å². The summed E-state index contributed by atoms with van der Waals surface area (Å²) in [6.45, 7) is 0. The Morgan fingerprint density at radius 3 is 2.40 bits per heavy atom. The van der Waals surface area contributed by atoms with Gasteiger partial charge in [0.2, 0.25) is 0 Å². The smallest absolute Gasteiger partial charge is 0.257 e. The summed E-state index contributed by atoms with van der Waals surface area (Å²) in [6.07, 6.45) is 3.42. The summed E-state index contributed by atoms with van der Waals surface area (Å²) < 4.78 is 10.6. The van der Waals surface area contributed by atoms with Crippen LogP contribution in [0, 0.1) is 0 Å². The largest absolute Gasteiger partial charge is 0.497 e. The fourth-order valence-corrected chi connectivity index (χ4v) is 3.09. The van der Waals surface area contributed by atoms with Crippen LogP contribution < -0.4 is 9.64 Å². The standard InChI is InChI=1S/C21H17NO3/c1-24-17-11-9-16(10-12-17)22-20(15-6-3-2-4-7-15)19(21(22)23)14-18-8-5-13-25-18/h2-14,20H,1H3/b19-14+. The van der Waals surface area contributed by atoms with E-state index in [0.29, 0.717) is 5.76 Å². The van der Waals surface area contributed by atoms with Crippen molar-refractivity contribution in [1.82, 2.24) is 0 Å². The van der Waals surface area contributed by atoms with Gasteiger partial charge in [0.25, 0.3) is 5.91 Å². The second-order valence-corrected chi connectivity index (χ2v) is 5.80. The summed E-state index contributed by atoms with van der Waals surface area (Å²) in [5, 5.41) is 0. The van der Waals surface area contributed by atoms with Gasteiger partial charge in [0.05, 0.1) is 19.4 Å². The van der Waals surface area contributed by atoms with Gasteiger partial charge in [-0.25, -0.2) is 0 Å². The Kier molecular flexibility index (Phi) is 3.86. The number of anilines is 1. The van der Waals surface area contributed by atoms with Crippen LogP contribution in [0.1, 0.15) is 17.4 Å². The zero-order valence-corrected chi connectivity index (χ0v) is 13.8. The zero-order valence-electron chi connectivity index (χ0n) is 13.8. The predicted octanol–water partition coefficient (Wildman–Crippen LogP) is 4.46. The molecule has 0 saturated carbocycles. The van der Waals surface area contributed by atoms with E-state index in [2.05, 4.69) is 0 Å². The molecule has 1 amide bonds. The number of ether oxygens (including phenoxy) is 1. The number of hydrogen-bond donors (Lipinski definition) is 0. The maximum atomic E-state index is 12.8. The van der Waals surface area contributed by atoms with Crippen molar-refractivity contribution in [3.05, 3.63) is 89.9 Å². The van der Waals surface area contributed by atoms with Gasteiger partial charge in [-0.15, -0.1) is 0 Å². The molecule has 1 saturated heterocycles. The van der Waals surface area contributed by atoms with Crippen LogP contribution in [0.15, 0.2) is 83.0 Å². The number of β-lactam (4-membered cyclic amide) rings is 1. The second-order valence-electron chi connectivity index (χ2n) is 5.80. The Labute approximate surface area is 146 Å². The highest BCUT2D eigenvalue weighted by atomic mass is 16.5. The summed E-state index contributed by atoms with van der Waals surface area (Å²) in [5.41, 5.74) is 2.63. The molecule has 0 radical (unpaired) electrons. The van der Waals surface area contributed by atoms with Gasteiger partial charge in [-0.3, -0.25) is 9.69 Å². The summed E-state index contributed by atoms with van der Waals surface area (Å²) in [5.74, 6) is 1.42. The molecule has 1 aliphatic heterocycles. The molecular formula is C21H17NO3. The fraction of sp³-hybridized carbons (Fsp3) is 0.0952. The lowest BCUT2D eigenvalue weighted by molar-refractivity contribution is -0.118. The number of carbonyl (C=O) groups excluding carboxylic acids is 1. The number of carbonyl (C=O) groups is 1. The van der Waals surface area contributed by atoms with Gasteiger partial charge >= 0.3 is 0 Å². The molecule has 1 fully saturated rings. The molecule has 25 heavy (non-hydrogen) atoms.